The smallest absolute Gasteiger partial charge is 0.175 e. The van der Waals surface area contributed by atoms with Gasteiger partial charge in [0.1, 0.15) is 12.4 Å². The Kier molecular flexibility index (Phi) is 8.77. The Hall–Kier alpha value is -2.08. The van der Waals surface area contributed by atoms with E-state index in [1.54, 1.807) is 19.2 Å². The molecule has 148 valence electrons. The van der Waals surface area contributed by atoms with E-state index in [1.807, 2.05) is 42.5 Å². The molecule has 0 fully saturated rings. The SMILES string of the molecule is COc1cc(CNCc2ccc(F)cc2)cc(Br)c1OCc1ccccc1.Cl. The van der Waals surface area contributed by atoms with Crippen molar-refractivity contribution in [3.05, 3.63) is 93.7 Å². The third-order valence-electron chi connectivity index (χ3n) is 4.09. The first-order valence-corrected chi connectivity index (χ1v) is 9.43. The summed E-state index contributed by atoms with van der Waals surface area (Å²) in [5.74, 6) is 1.14. The van der Waals surface area contributed by atoms with Gasteiger partial charge in [0.05, 0.1) is 11.6 Å². The second kappa shape index (κ2) is 11.1. The number of ether oxygens (including phenoxy) is 2. The molecule has 0 bridgehead atoms. The van der Waals surface area contributed by atoms with Gasteiger partial charge in [-0.2, -0.15) is 0 Å². The molecule has 0 heterocycles. The molecule has 0 aromatic heterocycles. The molecule has 0 saturated carbocycles. The van der Waals surface area contributed by atoms with Gasteiger partial charge >= 0.3 is 0 Å². The molecule has 3 nitrogen and oxygen atoms in total. The van der Waals surface area contributed by atoms with Crippen LogP contribution in [0.2, 0.25) is 0 Å². The second-order valence-corrected chi connectivity index (χ2v) is 6.97. The summed E-state index contributed by atoms with van der Waals surface area (Å²) < 4.78 is 25.3. The molecule has 0 aliphatic carbocycles. The lowest BCUT2D eigenvalue weighted by Crippen LogP contribution is -2.13. The van der Waals surface area contributed by atoms with E-state index in [0.29, 0.717) is 31.2 Å². The Morgan fingerprint density at radius 2 is 1.57 bits per heavy atom. The first kappa shape index (κ1) is 22.2. The van der Waals surface area contributed by atoms with Crippen LogP contribution in [0.25, 0.3) is 0 Å². The van der Waals surface area contributed by atoms with Crippen molar-refractivity contribution in [3.8, 4) is 11.5 Å². The van der Waals surface area contributed by atoms with Gasteiger partial charge in [-0.15, -0.1) is 12.4 Å². The van der Waals surface area contributed by atoms with E-state index in [0.717, 1.165) is 21.2 Å². The maximum atomic E-state index is 13.0. The molecule has 0 atom stereocenters. The van der Waals surface area contributed by atoms with E-state index >= 15 is 0 Å². The molecule has 1 N–H and O–H groups in total. The minimum absolute atomic E-state index is 0. The lowest BCUT2D eigenvalue weighted by molar-refractivity contribution is 0.282. The fraction of sp³-hybridized carbons (Fsp3) is 0.182. The highest BCUT2D eigenvalue weighted by Gasteiger charge is 2.12. The molecule has 0 aliphatic heterocycles. The zero-order valence-corrected chi connectivity index (χ0v) is 17.9. The quantitative estimate of drug-likeness (QED) is 0.449. The van der Waals surface area contributed by atoms with Crippen LogP contribution in [0.15, 0.2) is 71.2 Å². The molecule has 0 amide bonds. The number of halogens is 3. The highest BCUT2D eigenvalue weighted by Crippen LogP contribution is 2.37. The summed E-state index contributed by atoms with van der Waals surface area (Å²) in [6.07, 6.45) is 0. The molecule has 3 rings (SSSR count). The van der Waals surface area contributed by atoms with Crippen molar-refractivity contribution in [1.82, 2.24) is 5.32 Å². The molecule has 0 aliphatic rings. The van der Waals surface area contributed by atoms with Gasteiger partial charge < -0.3 is 14.8 Å². The first-order valence-electron chi connectivity index (χ1n) is 8.64. The van der Waals surface area contributed by atoms with Crippen molar-refractivity contribution in [2.75, 3.05) is 7.11 Å². The van der Waals surface area contributed by atoms with Crippen LogP contribution in [-0.4, -0.2) is 7.11 Å². The fourth-order valence-corrected chi connectivity index (χ4v) is 3.30. The van der Waals surface area contributed by atoms with Gasteiger partial charge in [0.2, 0.25) is 0 Å². The Balaban J connectivity index is 0.00000280. The van der Waals surface area contributed by atoms with Crippen LogP contribution in [0.3, 0.4) is 0 Å². The van der Waals surface area contributed by atoms with Crippen LogP contribution >= 0.6 is 28.3 Å². The van der Waals surface area contributed by atoms with E-state index in [1.165, 1.54) is 12.1 Å². The average Bonchev–Trinajstić information content (AvgIpc) is 2.69. The summed E-state index contributed by atoms with van der Waals surface area (Å²) in [4.78, 5) is 0. The normalized spacial score (nSPS) is 10.2. The molecule has 28 heavy (non-hydrogen) atoms. The summed E-state index contributed by atoms with van der Waals surface area (Å²) in [6.45, 7) is 1.79. The molecule has 0 radical (unpaired) electrons. The summed E-state index contributed by atoms with van der Waals surface area (Å²) in [7, 11) is 1.63. The summed E-state index contributed by atoms with van der Waals surface area (Å²) in [5, 5.41) is 3.35. The first-order chi connectivity index (χ1) is 13.2. The van der Waals surface area contributed by atoms with Gasteiger partial charge in [-0.05, 0) is 56.9 Å². The highest BCUT2D eigenvalue weighted by molar-refractivity contribution is 9.10. The molecule has 6 heteroatoms. The maximum absolute atomic E-state index is 13.0. The van der Waals surface area contributed by atoms with E-state index in [4.69, 9.17) is 9.47 Å². The molecule has 0 spiro atoms. The number of hydrogen-bond donors (Lipinski definition) is 1. The number of nitrogens with one attached hydrogen (secondary N) is 1. The summed E-state index contributed by atoms with van der Waals surface area (Å²) in [5.41, 5.74) is 3.19. The van der Waals surface area contributed by atoms with Crippen LogP contribution < -0.4 is 14.8 Å². The lowest BCUT2D eigenvalue weighted by Gasteiger charge is -2.15. The minimum Gasteiger partial charge on any atom is -0.493 e. The third-order valence-corrected chi connectivity index (χ3v) is 4.68. The van der Waals surface area contributed by atoms with Crippen molar-refractivity contribution < 1.29 is 13.9 Å². The third kappa shape index (κ3) is 6.23. The van der Waals surface area contributed by atoms with Crippen LogP contribution in [0.4, 0.5) is 4.39 Å². The van der Waals surface area contributed by atoms with Gasteiger partial charge in [-0.1, -0.05) is 42.5 Å². The monoisotopic (exact) mass is 465 g/mol. The van der Waals surface area contributed by atoms with Crippen molar-refractivity contribution in [3.63, 3.8) is 0 Å². The van der Waals surface area contributed by atoms with Crippen LogP contribution in [-0.2, 0) is 19.7 Å². The minimum atomic E-state index is -0.224. The predicted octanol–water partition coefficient (Wildman–Crippen LogP) is 5.89. The van der Waals surface area contributed by atoms with E-state index in [9.17, 15) is 4.39 Å². The van der Waals surface area contributed by atoms with Gasteiger partial charge in [-0.25, -0.2) is 4.39 Å². The topological polar surface area (TPSA) is 30.5 Å². The van der Waals surface area contributed by atoms with E-state index < -0.39 is 0 Å². The van der Waals surface area contributed by atoms with Crippen molar-refractivity contribution in [1.29, 1.82) is 0 Å². The number of methoxy groups -OCH3 is 1. The maximum Gasteiger partial charge on any atom is 0.175 e. The van der Waals surface area contributed by atoms with Gasteiger partial charge in [0.15, 0.2) is 11.5 Å². The van der Waals surface area contributed by atoms with E-state index in [2.05, 4.69) is 21.2 Å². The Labute approximate surface area is 179 Å². The van der Waals surface area contributed by atoms with Gasteiger partial charge in [0, 0.05) is 13.1 Å². The second-order valence-electron chi connectivity index (χ2n) is 6.11. The molecular formula is C22H22BrClFNO2. The van der Waals surface area contributed by atoms with Crippen molar-refractivity contribution in [2.45, 2.75) is 19.7 Å². The zero-order valence-electron chi connectivity index (χ0n) is 15.5. The molecule has 0 unspecified atom stereocenters. The van der Waals surface area contributed by atoms with Crippen molar-refractivity contribution in [2.24, 2.45) is 0 Å². The van der Waals surface area contributed by atoms with Crippen molar-refractivity contribution >= 4 is 28.3 Å². The molecule has 3 aromatic carbocycles. The highest BCUT2D eigenvalue weighted by atomic mass is 79.9. The van der Waals surface area contributed by atoms with Crippen LogP contribution in [0, 0.1) is 5.82 Å². The number of hydrogen-bond acceptors (Lipinski definition) is 3. The van der Waals surface area contributed by atoms with Crippen LogP contribution in [0.1, 0.15) is 16.7 Å². The largest absolute Gasteiger partial charge is 0.493 e. The Morgan fingerprint density at radius 1 is 0.893 bits per heavy atom. The summed E-state index contributed by atoms with van der Waals surface area (Å²) in [6, 6.07) is 20.5. The molecule has 0 saturated heterocycles. The Morgan fingerprint density at radius 3 is 2.25 bits per heavy atom. The number of rotatable bonds is 8. The molecule has 3 aromatic rings. The van der Waals surface area contributed by atoms with Gasteiger partial charge in [0.25, 0.3) is 0 Å². The molecular weight excluding hydrogens is 445 g/mol. The average molecular weight is 467 g/mol. The standard InChI is InChI=1S/C22H21BrFNO2.ClH/c1-26-21-12-18(14-25-13-16-7-9-19(24)10-8-16)11-20(23)22(21)27-15-17-5-3-2-4-6-17;/h2-12,25H,13-15H2,1H3;1H. The fourth-order valence-electron chi connectivity index (χ4n) is 2.70. The lowest BCUT2D eigenvalue weighted by atomic mass is 10.1. The van der Waals surface area contributed by atoms with Crippen LogP contribution in [0.5, 0.6) is 11.5 Å². The summed E-state index contributed by atoms with van der Waals surface area (Å²) >= 11 is 3.58. The zero-order chi connectivity index (χ0) is 19.1. The van der Waals surface area contributed by atoms with Gasteiger partial charge in [-0.3, -0.25) is 0 Å². The Bertz CT molecular complexity index is 876. The van der Waals surface area contributed by atoms with E-state index in [-0.39, 0.29) is 18.2 Å². The predicted molar refractivity (Wildman–Crippen MR) is 116 cm³/mol. The number of benzene rings is 3.